The highest BCUT2D eigenvalue weighted by Crippen LogP contribution is 2.21. The monoisotopic (exact) mass is 528 g/mol. The molecule has 39 heavy (non-hydrogen) atoms. The van der Waals surface area contributed by atoms with E-state index in [9.17, 15) is 18.4 Å². The number of carbonyl (C=O) groups is 1. The molecule has 0 saturated heterocycles. The third-order valence-corrected chi connectivity index (χ3v) is 6.55. The number of nitrogens with one attached hydrogen (secondary N) is 2. The lowest BCUT2D eigenvalue weighted by atomic mass is 9.95. The first-order valence-electron chi connectivity index (χ1n) is 12.7. The van der Waals surface area contributed by atoms with Crippen molar-refractivity contribution in [2.75, 3.05) is 11.9 Å². The topological polar surface area (TPSA) is 102 Å². The van der Waals surface area contributed by atoms with Gasteiger partial charge in [-0.15, -0.1) is 0 Å². The smallest absolute Gasteiger partial charge is 0.266 e. The van der Waals surface area contributed by atoms with Crippen molar-refractivity contribution in [3.05, 3.63) is 93.8 Å². The number of anilines is 1. The molecule has 2 heterocycles. The summed E-state index contributed by atoms with van der Waals surface area (Å²) in [5, 5.41) is 6.07. The summed E-state index contributed by atoms with van der Waals surface area (Å²) in [4.78, 5) is 38.4. The largest absolute Gasteiger partial charge is 0.366 e. The Morgan fingerprint density at radius 3 is 2.69 bits per heavy atom. The summed E-state index contributed by atoms with van der Waals surface area (Å²) >= 11 is 0. The Bertz CT molecular complexity index is 1640. The number of fused-ring (bicyclic) bond motifs is 1. The van der Waals surface area contributed by atoms with Crippen molar-refractivity contribution in [1.82, 2.24) is 24.8 Å². The lowest BCUT2D eigenvalue weighted by Gasteiger charge is -2.23. The summed E-state index contributed by atoms with van der Waals surface area (Å²) in [6.45, 7) is -0.0595. The van der Waals surface area contributed by atoms with Gasteiger partial charge in [-0.3, -0.25) is 19.1 Å². The molecule has 0 unspecified atom stereocenters. The number of hydrogen-bond acceptors (Lipinski definition) is 6. The van der Waals surface area contributed by atoms with E-state index in [-0.39, 0.29) is 18.7 Å². The van der Waals surface area contributed by atoms with Crippen molar-refractivity contribution in [3.63, 3.8) is 0 Å². The highest BCUT2D eigenvalue weighted by Gasteiger charge is 2.15. The van der Waals surface area contributed by atoms with Crippen LogP contribution >= 0.6 is 0 Å². The summed E-state index contributed by atoms with van der Waals surface area (Å²) in [7, 11) is 0. The Labute approximate surface area is 223 Å². The molecule has 1 fully saturated rings. The van der Waals surface area contributed by atoms with Gasteiger partial charge >= 0.3 is 0 Å². The number of nitrogens with zero attached hydrogens (tertiary/aromatic N) is 4. The second-order valence-electron chi connectivity index (χ2n) is 9.41. The van der Waals surface area contributed by atoms with Gasteiger partial charge in [0, 0.05) is 17.8 Å². The van der Waals surface area contributed by atoms with Gasteiger partial charge in [-0.05, 0) is 48.7 Å². The van der Waals surface area contributed by atoms with Crippen LogP contribution < -0.4 is 16.2 Å². The molecule has 1 aliphatic carbocycles. The summed E-state index contributed by atoms with van der Waals surface area (Å²) in [6.07, 6.45) is 10.2. The van der Waals surface area contributed by atoms with Crippen molar-refractivity contribution in [1.29, 1.82) is 0 Å². The van der Waals surface area contributed by atoms with E-state index >= 15 is 0 Å². The van der Waals surface area contributed by atoms with E-state index < -0.39 is 23.1 Å². The first-order chi connectivity index (χ1) is 19.0. The molecule has 8 nitrogen and oxygen atoms in total. The van der Waals surface area contributed by atoms with Crippen LogP contribution in [-0.2, 0) is 6.54 Å². The van der Waals surface area contributed by atoms with Crippen LogP contribution in [-0.4, -0.2) is 38.0 Å². The zero-order valence-corrected chi connectivity index (χ0v) is 21.1. The molecule has 0 radical (unpaired) electrons. The third-order valence-electron chi connectivity index (χ3n) is 6.55. The minimum absolute atomic E-state index is 0.00331. The van der Waals surface area contributed by atoms with E-state index in [1.54, 1.807) is 6.20 Å². The van der Waals surface area contributed by atoms with E-state index in [1.807, 2.05) is 18.2 Å². The molecule has 2 N–H and O–H groups in total. The Kier molecular flexibility index (Phi) is 7.87. The number of benzene rings is 2. The number of aromatic nitrogens is 4. The molecule has 4 aromatic rings. The average Bonchev–Trinajstić information content (AvgIpc) is 2.94. The van der Waals surface area contributed by atoms with Gasteiger partial charge < -0.3 is 10.6 Å². The molecule has 0 bridgehead atoms. The minimum Gasteiger partial charge on any atom is -0.366 e. The fourth-order valence-corrected chi connectivity index (χ4v) is 4.53. The fraction of sp³-hybridized carbons (Fsp3) is 0.276. The lowest BCUT2D eigenvalue weighted by Crippen LogP contribution is -2.33. The van der Waals surface area contributed by atoms with Crippen LogP contribution in [0.25, 0.3) is 11.0 Å². The summed E-state index contributed by atoms with van der Waals surface area (Å²) < 4.78 is 27.8. The van der Waals surface area contributed by atoms with Crippen LogP contribution in [0, 0.1) is 23.5 Å². The molecule has 198 valence electrons. The van der Waals surface area contributed by atoms with Gasteiger partial charge in [0.25, 0.3) is 11.5 Å². The Morgan fingerprint density at radius 1 is 1.03 bits per heavy atom. The van der Waals surface area contributed by atoms with Gasteiger partial charge in [0.2, 0.25) is 0 Å². The van der Waals surface area contributed by atoms with E-state index in [0.29, 0.717) is 11.6 Å². The maximum Gasteiger partial charge on any atom is 0.266 e. The summed E-state index contributed by atoms with van der Waals surface area (Å²) in [5.74, 6) is 3.99. The normalized spacial score (nSPS) is 13.5. The number of amides is 1. The van der Waals surface area contributed by atoms with Crippen molar-refractivity contribution in [2.24, 2.45) is 0 Å². The number of carbonyl (C=O) groups excluding carboxylic acids is 1. The maximum absolute atomic E-state index is 13.5. The molecule has 1 aliphatic rings. The van der Waals surface area contributed by atoms with Crippen LogP contribution in [0.3, 0.4) is 0 Å². The zero-order valence-electron chi connectivity index (χ0n) is 21.1. The summed E-state index contributed by atoms with van der Waals surface area (Å²) in [6, 6.07) is 9.29. The van der Waals surface area contributed by atoms with Gasteiger partial charge in [-0.25, -0.2) is 18.7 Å². The van der Waals surface area contributed by atoms with Gasteiger partial charge in [0.05, 0.1) is 36.6 Å². The van der Waals surface area contributed by atoms with E-state index in [1.165, 1.54) is 31.7 Å². The van der Waals surface area contributed by atoms with Crippen LogP contribution in [0.15, 0.2) is 59.9 Å². The van der Waals surface area contributed by atoms with Crippen molar-refractivity contribution in [3.8, 4) is 11.8 Å². The molecule has 5 rings (SSSR count). The second-order valence-corrected chi connectivity index (χ2v) is 9.41. The zero-order chi connectivity index (χ0) is 27.2. The predicted octanol–water partition coefficient (Wildman–Crippen LogP) is 4.04. The van der Waals surface area contributed by atoms with Crippen LogP contribution in [0.1, 0.15) is 53.6 Å². The van der Waals surface area contributed by atoms with Crippen molar-refractivity contribution in [2.45, 2.75) is 44.7 Å². The molecule has 2 aromatic heterocycles. The van der Waals surface area contributed by atoms with Crippen LogP contribution in [0.4, 0.5) is 14.6 Å². The molecule has 0 spiro atoms. The number of rotatable bonds is 6. The predicted molar refractivity (Wildman–Crippen MR) is 143 cm³/mol. The minimum atomic E-state index is -1.02. The molecular weight excluding hydrogens is 502 g/mol. The molecule has 0 atom stereocenters. The van der Waals surface area contributed by atoms with Crippen molar-refractivity contribution < 1.29 is 13.6 Å². The Hall–Kier alpha value is -4.65. The standard InChI is InChI=1S/C29H26F2N6O2/c30-23-10-8-20(13-24(23)31)17-37-18-32-15-22(29(37)39)28(38)33-12-4-5-19-9-11-25-26(14-19)36-27(16-34-25)35-21-6-2-1-3-7-21/h8-11,13-16,18,21H,1-3,6-7,12,17H2,(H,33,38)(H,35,36). The highest BCUT2D eigenvalue weighted by molar-refractivity contribution is 5.93. The number of hydrogen-bond donors (Lipinski definition) is 2. The van der Waals surface area contributed by atoms with Crippen LogP contribution in [0.5, 0.6) is 0 Å². The molecular formula is C29H26F2N6O2. The van der Waals surface area contributed by atoms with Gasteiger partial charge in [-0.2, -0.15) is 0 Å². The lowest BCUT2D eigenvalue weighted by molar-refractivity contribution is 0.0956. The highest BCUT2D eigenvalue weighted by atomic mass is 19.2. The second kappa shape index (κ2) is 11.8. The van der Waals surface area contributed by atoms with Gasteiger partial charge in [-0.1, -0.05) is 37.2 Å². The molecule has 1 amide bonds. The Balaban J connectivity index is 1.22. The molecule has 10 heteroatoms. The van der Waals surface area contributed by atoms with E-state index in [0.717, 1.165) is 58.2 Å². The third kappa shape index (κ3) is 6.44. The molecule has 1 saturated carbocycles. The fourth-order valence-electron chi connectivity index (χ4n) is 4.53. The van der Waals surface area contributed by atoms with Gasteiger partial charge in [0.15, 0.2) is 11.6 Å². The van der Waals surface area contributed by atoms with Crippen molar-refractivity contribution >= 4 is 22.8 Å². The first-order valence-corrected chi connectivity index (χ1v) is 12.7. The average molecular weight is 529 g/mol. The molecule has 2 aromatic carbocycles. The van der Waals surface area contributed by atoms with Gasteiger partial charge in [0.1, 0.15) is 11.4 Å². The van der Waals surface area contributed by atoms with E-state index in [2.05, 4.69) is 37.4 Å². The maximum atomic E-state index is 13.5. The number of halogens is 2. The van der Waals surface area contributed by atoms with Crippen LogP contribution in [0.2, 0.25) is 0 Å². The first kappa shape index (κ1) is 26.0. The van der Waals surface area contributed by atoms with E-state index in [4.69, 9.17) is 0 Å². The quantitative estimate of drug-likeness (QED) is 0.367. The Morgan fingerprint density at radius 2 is 1.87 bits per heavy atom. The molecule has 0 aliphatic heterocycles. The summed E-state index contributed by atoms with van der Waals surface area (Å²) in [5.41, 5.74) is 1.78. The SMILES string of the molecule is O=C(NCC#Cc1ccc2ncc(NC3CCCCC3)nc2c1)c1cncn(Cc2ccc(F)c(F)c2)c1=O.